The number of hydrogen-bond donors (Lipinski definition) is 0. The predicted octanol–water partition coefficient (Wildman–Crippen LogP) is 7.69. The molecule has 1 aliphatic heterocycles. The van der Waals surface area contributed by atoms with Crippen molar-refractivity contribution in [2.24, 2.45) is 0 Å². The molecule has 2 aliphatic rings. The lowest BCUT2D eigenvalue weighted by atomic mass is 9.78. The van der Waals surface area contributed by atoms with E-state index >= 15 is 0 Å². The van der Waals surface area contributed by atoms with Crippen molar-refractivity contribution >= 4 is 38.9 Å². The van der Waals surface area contributed by atoms with Gasteiger partial charge >= 0.3 is 0 Å². The summed E-state index contributed by atoms with van der Waals surface area (Å²) in [5.41, 5.74) is 2.72. The van der Waals surface area contributed by atoms with Gasteiger partial charge in [0, 0.05) is 25.2 Å². The van der Waals surface area contributed by atoms with E-state index in [4.69, 9.17) is 23.2 Å². The Morgan fingerprint density at radius 2 is 1.49 bits per heavy atom. The van der Waals surface area contributed by atoms with Gasteiger partial charge in [-0.05, 0) is 73.9 Å². The van der Waals surface area contributed by atoms with E-state index in [2.05, 4.69) is 35.2 Å². The highest BCUT2D eigenvalue weighted by Crippen LogP contribution is 2.39. The molecular formula is C30H34Cl2N2O2S. The number of halogens is 2. The fraction of sp³-hybridized carbons (Fsp3) is 0.400. The summed E-state index contributed by atoms with van der Waals surface area (Å²) >= 11 is 12.6. The third-order valence-corrected chi connectivity index (χ3v) is 10.8. The van der Waals surface area contributed by atoms with E-state index in [-0.39, 0.29) is 6.04 Å². The summed E-state index contributed by atoms with van der Waals surface area (Å²) in [6, 6.07) is 23.5. The minimum absolute atomic E-state index is 0.156. The Morgan fingerprint density at radius 3 is 2.19 bits per heavy atom. The number of piperidine rings is 1. The van der Waals surface area contributed by atoms with Gasteiger partial charge in [0.1, 0.15) is 0 Å². The molecule has 3 aromatic rings. The molecule has 1 aliphatic carbocycles. The van der Waals surface area contributed by atoms with Crippen LogP contribution < -0.4 is 4.31 Å². The number of aryl methyl sites for hydroxylation is 1. The van der Waals surface area contributed by atoms with Crippen LogP contribution >= 0.6 is 23.2 Å². The zero-order chi connectivity index (χ0) is 26.0. The van der Waals surface area contributed by atoms with Gasteiger partial charge in [0.25, 0.3) is 10.0 Å². The number of nitrogens with zero attached hydrogens (tertiary/aromatic N) is 2. The van der Waals surface area contributed by atoms with E-state index in [0.29, 0.717) is 32.6 Å². The number of hydrogen-bond acceptors (Lipinski definition) is 3. The summed E-state index contributed by atoms with van der Waals surface area (Å²) in [4.78, 5) is 2.95. The molecule has 2 unspecified atom stereocenters. The Balaban J connectivity index is 1.42. The molecule has 5 rings (SSSR count). The fourth-order valence-electron chi connectivity index (χ4n) is 6.21. The molecule has 1 saturated heterocycles. The first-order valence-electron chi connectivity index (χ1n) is 13.2. The van der Waals surface area contributed by atoms with E-state index in [1.165, 1.54) is 31.2 Å². The summed E-state index contributed by atoms with van der Waals surface area (Å²) in [6.45, 7) is 3.59. The standard InChI is InChI=1S/C30H34Cl2N2O2S/c1-22-9-5-8-14-30(22)37(35,36)34(25-15-16-27(31)28(32)21-25)24-17-19-33(20-18-24)29-13-7-6-12-26(29)23-10-3-2-4-11-23/h2-5,8-11,14-16,21,24,26,29H,6-7,12-13,17-20H2,1H3. The second-order valence-electron chi connectivity index (χ2n) is 10.3. The quantitative estimate of drug-likeness (QED) is 0.312. The topological polar surface area (TPSA) is 40.6 Å². The number of anilines is 1. The maximum atomic E-state index is 14.1. The Bertz CT molecular complexity index is 1320. The molecule has 37 heavy (non-hydrogen) atoms. The Hall–Kier alpha value is -2.05. The van der Waals surface area contributed by atoms with Gasteiger partial charge in [0.05, 0.1) is 20.6 Å². The van der Waals surface area contributed by atoms with Crippen molar-refractivity contribution in [1.82, 2.24) is 4.90 Å². The molecule has 0 radical (unpaired) electrons. The minimum atomic E-state index is -3.80. The van der Waals surface area contributed by atoms with Crippen LogP contribution in [0.2, 0.25) is 10.0 Å². The third-order valence-electron chi connectivity index (χ3n) is 8.05. The van der Waals surface area contributed by atoms with Crippen molar-refractivity contribution < 1.29 is 8.42 Å². The van der Waals surface area contributed by atoms with Gasteiger partial charge in [-0.25, -0.2) is 8.42 Å². The zero-order valence-electron chi connectivity index (χ0n) is 21.2. The van der Waals surface area contributed by atoms with Gasteiger partial charge in [-0.3, -0.25) is 9.21 Å². The van der Waals surface area contributed by atoms with Crippen molar-refractivity contribution in [3.63, 3.8) is 0 Å². The summed E-state index contributed by atoms with van der Waals surface area (Å²) in [5, 5.41) is 0.771. The van der Waals surface area contributed by atoms with Crippen molar-refractivity contribution in [2.75, 3.05) is 17.4 Å². The average molecular weight is 558 g/mol. The van der Waals surface area contributed by atoms with Crippen molar-refractivity contribution in [3.05, 3.63) is 94.0 Å². The second kappa shape index (κ2) is 11.4. The van der Waals surface area contributed by atoms with E-state index < -0.39 is 10.0 Å². The third kappa shape index (κ3) is 5.56. The summed E-state index contributed by atoms with van der Waals surface area (Å²) < 4.78 is 29.8. The molecule has 0 aromatic heterocycles. The number of likely N-dealkylation sites (tertiary alicyclic amines) is 1. The lowest BCUT2D eigenvalue weighted by Gasteiger charge is -2.45. The van der Waals surface area contributed by atoms with Crippen LogP contribution in [0.1, 0.15) is 55.6 Å². The van der Waals surface area contributed by atoms with Gasteiger partial charge in [0.15, 0.2) is 0 Å². The fourth-order valence-corrected chi connectivity index (χ4v) is 8.43. The van der Waals surface area contributed by atoms with E-state index in [0.717, 1.165) is 31.5 Å². The molecule has 196 valence electrons. The number of benzene rings is 3. The molecule has 0 amide bonds. The summed E-state index contributed by atoms with van der Waals surface area (Å²) in [7, 11) is -3.80. The van der Waals surface area contributed by atoms with Gasteiger partial charge in [-0.2, -0.15) is 0 Å². The van der Waals surface area contributed by atoms with Crippen molar-refractivity contribution in [1.29, 1.82) is 0 Å². The van der Waals surface area contributed by atoms with Crippen molar-refractivity contribution in [2.45, 2.75) is 68.3 Å². The van der Waals surface area contributed by atoms with Gasteiger partial charge in [0.2, 0.25) is 0 Å². The van der Waals surface area contributed by atoms with Crippen LogP contribution in [0, 0.1) is 6.92 Å². The zero-order valence-corrected chi connectivity index (χ0v) is 23.5. The maximum Gasteiger partial charge on any atom is 0.264 e. The van der Waals surface area contributed by atoms with Crippen LogP contribution in [0.3, 0.4) is 0 Å². The highest BCUT2D eigenvalue weighted by atomic mass is 35.5. The van der Waals surface area contributed by atoms with Gasteiger partial charge in [-0.15, -0.1) is 0 Å². The molecule has 1 saturated carbocycles. The van der Waals surface area contributed by atoms with E-state index in [9.17, 15) is 8.42 Å². The Labute approximate surface area is 231 Å². The summed E-state index contributed by atoms with van der Waals surface area (Å²) in [5.74, 6) is 0.536. The number of sulfonamides is 1. The first kappa shape index (κ1) is 26.6. The molecule has 7 heteroatoms. The lowest BCUT2D eigenvalue weighted by Crippen LogP contribution is -2.51. The molecule has 0 N–H and O–H groups in total. The molecule has 2 atom stereocenters. The highest BCUT2D eigenvalue weighted by Gasteiger charge is 2.38. The van der Waals surface area contributed by atoms with Crippen LogP contribution in [-0.4, -0.2) is 38.5 Å². The first-order chi connectivity index (χ1) is 17.9. The van der Waals surface area contributed by atoms with Gasteiger partial charge in [-0.1, -0.05) is 84.6 Å². The largest absolute Gasteiger partial charge is 0.300 e. The van der Waals surface area contributed by atoms with Crippen molar-refractivity contribution in [3.8, 4) is 0 Å². The SMILES string of the molecule is Cc1ccccc1S(=O)(=O)N(c1ccc(Cl)c(Cl)c1)C1CCN(C2CCCCC2c2ccccc2)CC1. The molecule has 3 aromatic carbocycles. The van der Waals surface area contributed by atoms with Crippen LogP contribution in [0.15, 0.2) is 77.7 Å². The normalized spacial score (nSPS) is 21.6. The van der Waals surface area contributed by atoms with Gasteiger partial charge < -0.3 is 0 Å². The smallest absolute Gasteiger partial charge is 0.264 e. The molecule has 4 nitrogen and oxygen atoms in total. The Morgan fingerprint density at radius 1 is 0.811 bits per heavy atom. The summed E-state index contributed by atoms with van der Waals surface area (Å²) in [6.07, 6.45) is 6.47. The predicted molar refractivity (Wildman–Crippen MR) is 153 cm³/mol. The molecule has 0 bridgehead atoms. The lowest BCUT2D eigenvalue weighted by molar-refractivity contribution is 0.107. The molecule has 2 fully saturated rings. The first-order valence-corrected chi connectivity index (χ1v) is 15.4. The van der Waals surface area contributed by atoms with Crippen LogP contribution in [0.25, 0.3) is 0 Å². The van der Waals surface area contributed by atoms with Crippen LogP contribution in [0.4, 0.5) is 5.69 Å². The average Bonchev–Trinajstić information content (AvgIpc) is 2.92. The second-order valence-corrected chi connectivity index (χ2v) is 12.9. The maximum absolute atomic E-state index is 14.1. The number of rotatable bonds is 6. The monoisotopic (exact) mass is 556 g/mol. The molecular weight excluding hydrogens is 523 g/mol. The molecule has 1 heterocycles. The molecule has 0 spiro atoms. The van der Waals surface area contributed by atoms with Crippen LogP contribution in [-0.2, 0) is 10.0 Å². The minimum Gasteiger partial charge on any atom is -0.300 e. The van der Waals surface area contributed by atoms with Crippen LogP contribution in [0.5, 0.6) is 0 Å². The van der Waals surface area contributed by atoms with E-state index in [1.54, 1.807) is 34.6 Å². The van der Waals surface area contributed by atoms with E-state index in [1.807, 2.05) is 19.1 Å². The Kier molecular flexibility index (Phi) is 8.16. The highest BCUT2D eigenvalue weighted by molar-refractivity contribution is 7.93.